The molecule has 1 saturated carbocycles. The van der Waals surface area contributed by atoms with Gasteiger partial charge in [0.05, 0.1) is 5.92 Å². The maximum atomic E-state index is 11.7. The molecular weight excluding hydrogens is 264 g/mol. The molecule has 0 saturated heterocycles. The topological polar surface area (TPSA) is 35.5 Å². The minimum absolute atomic E-state index is 0.0963. The summed E-state index contributed by atoms with van der Waals surface area (Å²) in [5, 5.41) is 0. The summed E-state index contributed by atoms with van der Waals surface area (Å²) in [5.74, 6) is 1.33. The summed E-state index contributed by atoms with van der Waals surface area (Å²) in [7, 11) is 0. The predicted octanol–water partition coefficient (Wildman–Crippen LogP) is 3.97. The van der Waals surface area contributed by atoms with Crippen molar-refractivity contribution in [3.8, 4) is 11.5 Å². The molecule has 0 spiro atoms. The van der Waals surface area contributed by atoms with Gasteiger partial charge in [0.1, 0.15) is 18.1 Å². The van der Waals surface area contributed by atoms with Gasteiger partial charge in [-0.3, -0.25) is 4.79 Å². The lowest BCUT2D eigenvalue weighted by Gasteiger charge is -2.22. The van der Waals surface area contributed by atoms with E-state index in [9.17, 15) is 4.79 Å². The zero-order valence-electron chi connectivity index (χ0n) is 11.8. The Morgan fingerprint density at radius 2 is 1.62 bits per heavy atom. The predicted molar refractivity (Wildman–Crippen MR) is 80.2 cm³/mol. The highest BCUT2D eigenvalue weighted by molar-refractivity contribution is 5.75. The van der Waals surface area contributed by atoms with Crippen LogP contribution in [0.25, 0.3) is 0 Å². The fourth-order valence-corrected chi connectivity index (χ4v) is 2.19. The monoisotopic (exact) mass is 282 g/mol. The van der Waals surface area contributed by atoms with E-state index < -0.39 is 0 Å². The number of ether oxygens (including phenoxy) is 2. The number of carbonyl (C=O) groups excluding carboxylic acids is 1. The number of benzene rings is 2. The van der Waals surface area contributed by atoms with E-state index in [-0.39, 0.29) is 11.9 Å². The van der Waals surface area contributed by atoms with Crippen molar-refractivity contribution in [3.63, 3.8) is 0 Å². The highest BCUT2D eigenvalue weighted by Crippen LogP contribution is 2.28. The molecular formula is C18H18O3. The first-order valence-electron chi connectivity index (χ1n) is 7.30. The molecule has 0 amide bonds. The van der Waals surface area contributed by atoms with Gasteiger partial charge in [0.2, 0.25) is 0 Å². The van der Waals surface area contributed by atoms with Gasteiger partial charge in [-0.25, -0.2) is 0 Å². The second kappa shape index (κ2) is 6.44. The normalized spacial score (nSPS) is 14.3. The molecule has 2 aromatic carbocycles. The Morgan fingerprint density at radius 3 is 2.24 bits per heavy atom. The average molecular weight is 282 g/mol. The molecule has 0 N–H and O–H groups in total. The third-order valence-electron chi connectivity index (χ3n) is 3.73. The maximum absolute atomic E-state index is 11.7. The van der Waals surface area contributed by atoms with Gasteiger partial charge in [-0.2, -0.15) is 0 Å². The fraction of sp³-hybridized carbons (Fsp3) is 0.278. The van der Waals surface area contributed by atoms with Crippen molar-refractivity contribution in [2.24, 2.45) is 5.92 Å². The molecule has 0 heterocycles. The van der Waals surface area contributed by atoms with Crippen LogP contribution in [-0.4, -0.2) is 5.97 Å². The van der Waals surface area contributed by atoms with Gasteiger partial charge < -0.3 is 9.47 Å². The van der Waals surface area contributed by atoms with Crippen molar-refractivity contribution in [1.29, 1.82) is 0 Å². The zero-order valence-corrected chi connectivity index (χ0v) is 11.8. The van der Waals surface area contributed by atoms with Crippen molar-refractivity contribution in [2.45, 2.75) is 25.9 Å². The van der Waals surface area contributed by atoms with E-state index in [2.05, 4.69) is 0 Å². The Labute approximate surface area is 124 Å². The van der Waals surface area contributed by atoms with Crippen molar-refractivity contribution in [2.75, 3.05) is 0 Å². The summed E-state index contributed by atoms with van der Waals surface area (Å²) in [4.78, 5) is 11.7. The van der Waals surface area contributed by atoms with Crippen LogP contribution in [0.15, 0.2) is 54.6 Å². The quantitative estimate of drug-likeness (QED) is 0.615. The van der Waals surface area contributed by atoms with Crippen molar-refractivity contribution >= 4 is 5.97 Å². The smallest absolute Gasteiger partial charge is 0.314 e. The van der Waals surface area contributed by atoms with Crippen LogP contribution < -0.4 is 9.47 Å². The van der Waals surface area contributed by atoms with Crippen molar-refractivity contribution in [1.82, 2.24) is 0 Å². The molecule has 1 aliphatic carbocycles. The zero-order chi connectivity index (χ0) is 14.5. The first kappa shape index (κ1) is 13.7. The summed E-state index contributed by atoms with van der Waals surface area (Å²) < 4.78 is 11.0. The summed E-state index contributed by atoms with van der Waals surface area (Å²) in [5.41, 5.74) is 1.12. The number of hydrogen-bond acceptors (Lipinski definition) is 3. The van der Waals surface area contributed by atoms with E-state index in [1.165, 1.54) is 0 Å². The van der Waals surface area contributed by atoms with Crippen LogP contribution in [0.3, 0.4) is 0 Å². The van der Waals surface area contributed by atoms with Crippen molar-refractivity contribution < 1.29 is 14.3 Å². The van der Waals surface area contributed by atoms with E-state index in [1.807, 2.05) is 42.5 Å². The Morgan fingerprint density at radius 1 is 0.952 bits per heavy atom. The lowest BCUT2D eigenvalue weighted by molar-refractivity contribution is -0.141. The lowest BCUT2D eigenvalue weighted by Crippen LogP contribution is -2.26. The Kier molecular flexibility index (Phi) is 4.20. The molecule has 0 aliphatic heterocycles. The second-order valence-corrected chi connectivity index (χ2v) is 5.29. The first-order valence-corrected chi connectivity index (χ1v) is 7.30. The van der Waals surface area contributed by atoms with Gasteiger partial charge in [0, 0.05) is 0 Å². The molecule has 2 aromatic rings. The standard InChI is InChI=1S/C18H18O3/c19-18(15-7-4-8-15)21-17-11-9-16(10-12-17)20-13-14-5-2-1-3-6-14/h1-3,5-6,9-12,15H,4,7-8,13H2. The second-order valence-electron chi connectivity index (χ2n) is 5.29. The minimum atomic E-state index is -0.112. The number of carbonyl (C=O) groups is 1. The van der Waals surface area contributed by atoms with E-state index in [1.54, 1.807) is 12.1 Å². The molecule has 3 heteroatoms. The van der Waals surface area contributed by atoms with Gasteiger partial charge >= 0.3 is 5.97 Å². The molecule has 0 aromatic heterocycles. The highest BCUT2D eigenvalue weighted by atomic mass is 16.5. The van der Waals surface area contributed by atoms with Crippen LogP contribution in [-0.2, 0) is 11.4 Å². The lowest BCUT2D eigenvalue weighted by atomic mass is 9.86. The SMILES string of the molecule is O=C(Oc1ccc(OCc2ccccc2)cc1)C1CCC1. The molecule has 0 radical (unpaired) electrons. The van der Waals surface area contributed by atoms with Gasteiger partial charge in [0.15, 0.2) is 0 Å². The summed E-state index contributed by atoms with van der Waals surface area (Å²) in [6, 6.07) is 17.2. The maximum Gasteiger partial charge on any atom is 0.314 e. The highest BCUT2D eigenvalue weighted by Gasteiger charge is 2.26. The first-order chi connectivity index (χ1) is 10.3. The van der Waals surface area contributed by atoms with Gasteiger partial charge in [-0.15, -0.1) is 0 Å². The number of hydrogen-bond donors (Lipinski definition) is 0. The van der Waals surface area contributed by atoms with Crippen LogP contribution >= 0.6 is 0 Å². The molecule has 3 nitrogen and oxygen atoms in total. The van der Waals surface area contributed by atoms with E-state index in [0.29, 0.717) is 12.4 Å². The van der Waals surface area contributed by atoms with E-state index in [0.717, 1.165) is 30.6 Å². The molecule has 3 rings (SSSR count). The summed E-state index contributed by atoms with van der Waals surface area (Å²) in [6.45, 7) is 0.530. The van der Waals surface area contributed by atoms with Gasteiger partial charge in [-0.05, 0) is 42.7 Å². The largest absolute Gasteiger partial charge is 0.489 e. The van der Waals surface area contributed by atoms with E-state index >= 15 is 0 Å². The molecule has 0 atom stereocenters. The van der Waals surface area contributed by atoms with Gasteiger partial charge in [0.25, 0.3) is 0 Å². The molecule has 1 fully saturated rings. The van der Waals surface area contributed by atoms with Crippen LogP contribution in [0.4, 0.5) is 0 Å². The third-order valence-corrected chi connectivity index (χ3v) is 3.73. The Balaban J connectivity index is 1.52. The summed E-state index contributed by atoms with van der Waals surface area (Å²) in [6.07, 6.45) is 3.04. The molecule has 0 bridgehead atoms. The van der Waals surface area contributed by atoms with Crippen LogP contribution in [0.2, 0.25) is 0 Å². The molecule has 108 valence electrons. The Bertz CT molecular complexity index is 586. The average Bonchev–Trinajstić information content (AvgIpc) is 2.46. The van der Waals surface area contributed by atoms with Crippen molar-refractivity contribution in [3.05, 3.63) is 60.2 Å². The number of esters is 1. The van der Waals surface area contributed by atoms with E-state index in [4.69, 9.17) is 9.47 Å². The van der Waals surface area contributed by atoms with Crippen LogP contribution in [0.5, 0.6) is 11.5 Å². The molecule has 1 aliphatic rings. The summed E-state index contributed by atoms with van der Waals surface area (Å²) >= 11 is 0. The fourth-order valence-electron chi connectivity index (χ4n) is 2.19. The molecule has 0 unspecified atom stereocenters. The van der Waals surface area contributed by atoms with Crippen LogP contribution in [0.1, 0.15) is 24.8 Å². The molecule has 21 heavy (non-hydrogen) atoms. The minimum Gasteiger partial charge on any atom is -0.489 e. The van der Waals surface area contributed by atoms with Crippen LogP contribution in [0, 0.1) is 5.92 Å². The third kappa shape index (κ3) is 3.63. The Hall–Kier alpha value is -2.29. The van der Waals surface area contributed by atoms with Gasteiger partial charge in [-0.1, -0.05) is 36.8 Å². The number of rotatable bonds is 5.